The van der Waals surface area contributed by atoms with Crippen LogP contribution in [0.2, 0.25) is 0 Å². The molecule has 0 spiro atoms. The summed E-state index contributed by atoms with van der Waals surface area (Å²) in [6.07, 6.45) is 0. The Kier molecular flexibility index (Phi) is 4.07. The van der Waals surface area contributed by atoms with Crippen LogP contribution in [0.1, 0.15) is 23.8 Å². The van der Waals surface area contributed by atoms with Crippen molar-refractivity contribution in [1.29, 1.82) is 0 Å². The molecule has 1 atom stereocenters. The lowest BCUT2D eigenvalue weighted by molar-refractivity contribution is 0.246. The number of nitrogens with one attached hydrogen (secondary N) is 1. The van der Waals surface area contributed by atoms with Crippen molar-refractivity contribution < 1.29 is 0 Å². The van der Waals surface area contributed by atoms with E-state index in [0.717, 1.165) is 16.0 Å². The molecule has 2 aromatic heterocycles. The summed E-state index contributed by atoms with van der Waals surface area (Å²) in [5, 5.41) is 1.68. The maximum absolute atomic E-state index is 12.2. The molecule has 1 N–H and O–H groups in total. The lowest BCUT2D eigenvalue weighted by Crippen LogP contribution is -2.24. The summed E-state index contributed by atoms with van der Waals surface area (Å²) in [6.45, 7) is 2.67. The van der Waals surface area contributed by atoms with Crippen LogP contribution in [-0.4, -0.2) is 26.9 Å². The van der Waals surface area contributed by atoms with E-state index in [1.165, 1.54) is 4.70 Å². The van der Waals surface area contributed by atoms with Crippen LogP contribution in [0.25, 0.3) is 21.1 Å². The van der Waals surface area contributed by atoms with E-state index in [0.29, 0.717) is 17.8 Å². The van der Waals surface area contributed by atoms with Gasteiger partial charge in [0.15, 0.2) is 0 Å². The zero-order valence-corrected chi connectivity index (χ0v) is 14.9. The van der Waals surface area contributed by atoms with Gasteiger partial charge in [0.25, 0.3) is 5.56 Å². The number of nitrogens with zero attached hydrogens (tertiary/aromatic N) is 3. The smallest absolute Gasteiger partial charge is 0.258 e. The van der Waals surface area contributed by atoms with E-state index >= 15 is 0 Å². The van der Waals surface area contributed by atoms with Crippen molar-refractivity contribution in [3.8, 4) is 0 Å². The number of aromatic amines is 1. The van der Waals surface area contributed by atoms with Crippen LogP contribution in [0.3, 0.4) is 0 Å². The molecule has 0 amide bonds. The predicted octanol–water partition coefficient (Wildman–Crippen LogP) is 3.73. The SMILES string of the molecule is C[C@@H](c1nc2ccccc2s1)N(C)Cc1nc2ccccc2c(=O)[nH]1. The molecule has 0 saturated carbocycles. The van der Waals surface area contributed by atoms with E-state index in [-0.39, 0.29) is 11.6 Å². The number of benzene rings is 2. The van der Waals surface area contributed by atoms with Crippen molar-refractivity contribution >= 4 is 32.5 Å². The van der Waals surface area contributed by atoms with E-state index < -0.39 is 0 Å². The highest BCUT2D eigenvalue weighted by Crippen LogP contribution is 2.29. The predicted molar refractivity (Wildman–Crippen MR) is 102 cm³/mol. The Hall–Kier alpha value is -2.57. The average Bonchev–Trinajstić information content (AvgIpc) is 3.05. The molecule has 0 unspecified atom stereocenters. The maximum atomic E-state index is 12.2. The molecular formula is C19H18N4OS. The molecule has 126 valence electrons. The van der Waals surface area contributed by atoms with Gasteiger partial charge in [0.2, 0.25) is 0 Å². The highest BCUT2D eigenvalue weighted by Gasteiger charge is 2.17. The van der Waals surface area contributed by atoms with Gasteiger partial charge in [-0.25, -0.2) is 9.97 Å². The fraction of sp³-hybridized carbons (Fsp3) is 0.211. The highest BCUT2D eigenvalue weighted by molar-refractivity contribution is 7.18. The lowest BCUT2D eigenvalue weighted by atomic mass is 10.2. The summed E-state index contributed by atoms with van der Waals surface area (Å²) in [4.78, 5) is 26.6. The first kappa shape index (κ1) is 15.9. The van der Waals surface area contributed by atoms with E-state index in [4.69, 9.17) is 4.98 Å². The average molecular weight is 350 g/mol. The van der Waals surface area contributed by atoms with Crippen molar-refractivity contribution in [2.24, 2.45) is 0 Å². The molecule has 0 saturated heterocycles. The molecule has 0 aliphatic carbocycles. The minimum atomic E-state index is -0.0957. The summed E-state index contributed by atoms with van der Waals surface area (Å²) in [5.41, 5.74) is 1.66. The molecule has 5 nitrogen and oxygen atoms in total. The topological polar surface area (TPSA) is 61.9 Å². The second-order valence-corrected chi connectivity index (χ2v) is 7.20. The van der Waals surface area contributed by atoms with Crippen LogP contribution >= 0.6 is 11.3 Å². The Labute approximate surface area is 149 Å². The number of hydrogen-bond donors (Lipinski definition) is 1. The molecule has 4 aromatic rings. The third-order valence-electron chi connectivity index (χ3n) is 4.39. The van der Waals surface area contributed by atoms with Crippen molar-refractivity contribution in [2.75, 3.05) is 7.05 Å². The molecule has 4 rings (SSSR count). The zero-order valence-electron chi connectivity index (χ0n) is 14.1. The van der Waals surface area contributed by atoms with E-state index in [9.17, 15) is 4.79 Å². The first-order chi connectivity index (χ1) is 12.1. The molecular weight excluding hydrogens is 332 g/mol. The number of H-pyrrole nitrogens is 1. The van der Waals surface area contributed by atoms with Crippen molar-refractivity contribution in [3.63, 3.8) is 0 Å². The summed E-state index contributed by atoms with van der Waals surface area (Å²) in [6, 6.07) is 15.7. The van der Waals surface area contributed by atoms with Crippen LogP contribution in [0.15, 0.2) is 53.3 Å². The molecule has 0 aliphatic heterocycles. The van der Waals surface area contributed by atoms with Gasteiger partial charge in [-0.1, -0.05) is 24.3 Å². The van der Waals surface area contributed by atoms with E-state index in [1.807, 2.05) is 43.4 Å². The van der Waals surface area contributed by atoms with Crippen molar-refractivity contribution in [1.82, 2.24) is 19.9 Å². The molecule has 6 heteroatoms. The van der Waals surface area contributed by atoms with Gasteiger partial charge in [-0.2, -0.15) is 0 Å². The third-order valence-corrected chi connectivity index (χ3v) is 5.60. The second kappa shape index (κ2) is 6.38. The van der Waals surface area contributed by atoms with Crippen LogP contribution < -0.4 is 5.56 Å². The number of para-hydroxylation sites is 2. The van der Waals surface area contributed by atoms with E-state index in [2.05, 4.69) is 27.9 Å². The standard InChI is InChI=1S/C19H18N4OS/c1-12(19-21-15-9-5-6-10-16(15)25-19)23(2)11-17-20-14-8-4-3-7-13(14)18(24)22-17/h3-10,12H,11H2,1-2H3,(H,20,22,24)/t12-/m0/s1. The Balaban J connectivity index is 1.60. The molecule has 2 aromatic carbocycles. The van der Waals surface area contributed by atoms with Crippen molar-refractivity contribution in [3.05, 3.63) is 69.7 Å². The van der Waals surface area contributed by atoms with Gasteiger partial charge in [-0.15, -0.1) is 11.3 Å². The van der Waals surface area contributed by atoms with Gasteiger partial charge in [-0.05, 0) is 38.2 Å². The number of rotatable bonds is 4. The van der Waals surface area contributed by atoms with Crippen LogP contribution in [0.4, 0.5) is 0 Å². The lowest BCUT2D eigenvalue weighted by Gasteiger charge is -2.22. The molecule has 25 heavy (non-hydrogen) atoms. The van der Waals surface area contributed by atoms with Crippen LogP contribution in [0, 0.1) is 0 Å². The number of aromatic nitrogens is 3. The Morgan fingerprint density at radius 3 is 2.60 bits per heavy atom. The first-order valence-electron chi connectivity index (χ1n) is 8.15. The molecule has 0 bridgehead atoms. The highest BCUT2D eigenvalue weighted by atomic mass is 32.1. The largest absolute Gasteiger partial charge is 0.309 e. The number of fused-ring (bicyclic) bond motifs is 2. The Morgan fingerprint density at radius 1 is 1.08 bits per heavy atom. The van der Waals surface area contributed by atoms with Gasteiger partial charge < -0.3 is 4.98 Å². The van der Waals surface area contributed by atoms with Gasteiger partial charge in [0, 0.05) is 0 Å². The van der Waals surface area contributed by atoms with Crippen molar-refractivity contribution in [2.45, 2.75) is 19.5 Å². The number of hydrogen-bond acceptors (Lipinski definition) is 5. The maximum Gasteiger partial charge on any atom is 0.258 e. The van der Waals surface area contributed by atoms with Gasteiger partial charge in [-0.3, -0.25) is 9.69 Å². The first-order valence-corrected chi connectivity index (χ1v) is 8.97. The minimum Gasteiger partial charge on any atom is -0.309 e. The molecule has 0 aliphatic rings. The Bertz CT molecular complexity index is 1070. The van der Waals surface area contributed by atoms with E-state index in [1.54, 1.807) is 17.4 Å². The minimum absolute atomic E-state index is 0.0957. The summed E-state index contributed by atoms with van der Waals surface area (Å²) >= 11 is 1.70. The Morgan fingerprint density at radius 2 is 1.80 bits per heavy atom. The number of thiazole rings is 1. The fourth-order valence-corrected chi connectivity index (χ4v) is 3.92. The summed E-state index contributed by atoms with van der Waals surface area (Å²) in [7, 11) is 2.02. The summed E-state index contributed by atoms with van der Waals surface area (Å²) < 4.78 is 1.19. The zero-order chi connectivity index (χ0) is 17.4. The van der Waals surface area contributed by atoms with Crippen LogP contribution in [0.5, 0.6) is 0 Å². The monoisotopic (exact) mass is 350 g/mol. The molecule has 0 radical (unpaired) electrons. The fourth-order valence-electron chi connectivity index (χ4n) is 2.84. The van der Waals surface area contributed by atoms with Gasteiger partial charge in [0.05, 0.1) is 33.7 Å². The quantitative estimate of drug-likeness (QED) is 0.609. The van der Waals surface area contributed by atoms with Crippen LogP contribution in [-0.2, 0) is 6.54 Å². The third kappa shape index (κ3) is 3.06. The molecule has 0 fully saturated rings. The van der Waals surface area contributed by atoms with Gasteiger partial charge in [0.1, 0.15) is 10.8 Å². The summed E-state index contributed by atoms with van der Waals surface area (Å²) in [5.74, 6) is 0.666. The normalized spacial score (nSPS) is 12.9. The van der Waals surface area contributed by atoms with Gasteiger partial charge >= 0.3 is 0 Å². The second-order valence-electron chi connectivity index (χ2n) is 6.14. The molecule has 2 heterocycles.